The van der Waals surface area contributed by atoms with E-state index in [1.165, 1.54) is 38.8 Å². The lowest BCUT2D eigenvalue weighted by atomic mass is 10.4. The summed E-state index contributed by atoms with van der Waals surface area (Å²) in [5.74, 6) is 0. The van der Waals surface area contributed by atoms with Gasteiger partial charge in [-0.15, -0.1) is 0 Å². The predicted molar refractivity (Wildman–Crippen MR) is 59.9 cm³/mol. The molecule has 4 heteroatoms. The van der Waals surface area contributed by atoms with Gasteiger partial charge in [0.1, 0.15) is 0 Å². The average molecular weight is 211 g/mol. The van der Waals surface area contributed by atoms with Gasteiger partial charge < -0.3 is 15.1 Å². The van der Waals surface area contributed by atoms with Crippen molar-refractivity contribution in [1.29, 1.82) is 0 Å². The molecule has 0 radical (unpaired) electrons. The summed E-state index contributed by atoms with van der Waals surface area (Å²) in [6.45, 7) is 6.11. The Balaban J connectivity index is 1.58. The maximum absolute atomic E-state index is 11.6. The van der Waals surface area contributed by atoms with Crippen LogP contribution in [0.5, 0.6) is 0 Å². The predicted octanol–water partition coefficient (Wildman–Crippen LogP) is 0.888. The maximum Gasteiger partial charge on any atom is 0.317 e. The summed E-state index contributed by atoms with van der Waals surface area (Å²) in [5, 5.41) is 3.00. The molecule has 0 saturated carbocycles. The van der Waals surface area contributed by atoms with Gasteiger partial charge in [0.2, 0.25) is 0 Å². The van der Waals surface area contributed by atoms with Crippen molar-refractivity contribution in [2.45, 2.75) is 25.7 Å². The SMILES string of the molecule is O=C(NCCN1CCCC1)N1CCCC1. The molecule has 0 bridgehead atoms. The number of nitrogens with zero attached hydrogens (tertiary/aromatic N) is 2. The molecule has 86 valence electrons. The van der Waals surface area contributed by atoms with E-state index in [9.17, 15) is 4.79 Å². The first kappa shape index (κ1) is 10.7. The third-order valence-electron chi connectivity index (χ3n) is 3.30. The van der Waals surface area contributed by atoms with E-state index in [0.717, 1.165) is 26.2 Å². The Hall–Kier alpha value is -0.770. The minimum absolute atomic E-state index is 0.131. The number of likely N-dealkylation sites (tertiary alicyclic amines) is 2. The molecule has 2 fully saturated rings. The van der Waals surface area contributed by atoms with E-state index >= 15 is 0 Å². The first-order valence-corrected chi connectivity index (χ1v) is 6.11. The van der Waals surface area contributed by atoms with E-state index in [1.54, 1.807) is 0 Å². The normalized spacial score (nSPS) is 22.3. The van der Waals surface area contributed by atoms with Crippen LogP contribution < -0.4 is 5.32 Å². The zero-order valence-electron chi connectivity index (χ0n) is 9.37. The molecule has 0 aromatic rings. The van der Waals surface area contributed by atoms with Gasteiger partial charge in [0.25, 0.3) is 0 Å². The molecule has 4 nitrogen and oxygen atoms in total. The van der Waals surface area contributed by atoms with Gasteiger partial charge in [-0.3, -0.25) is 0 Å². The topological polar surface area (TPSA) is 35.6 Å². The van der Waals surface area contributed by atoms with Crippen LogP contribution in [0.2, 0.25) is 0 Å². The van der Waals surface area contributed by atoms with Crippen LogP contribution >= 0.6 is 0 Å². The van der Waals surface area contributed by atoms with Crippen molar-refractivity contribution in [3.63, 3.8) is 0 Å². The Bertz CT molecular complexity index is 208. The minimum Gasteiger partial charge on any atom is -0.337 e. The van der Waals surface area contributed by atoms with Gasteiger partial charge in [0.15, 0.2) is 0 Å². The fourth-order valence-corrected chi connectivity index (χ4v) is 2.36. The van der Waals surface area contributed by atoms with Crippen LogP contribution in [0.1, 0.15) is 25.7 Å². The van der Waals surface area contributed by atoms with E-state index in [2.05, 4.69) is 10.2 Å². The van der Waals surface area contributed by atoms with E-state index in [0.29, 0.717) is 0 Å². The lowest BCUT2D eigenvalue weighted by molar-refractivity contribution is 0.206. The number of carbonyl (C=O) groups excluding carboxylic acids is 1. The zero-order valence-corrected chi connectivity index (χ0v) is 9.37. The Labute approximate surface area is 91.6 Å². The van der Waals surface area contributed by atoms with Crippen LogP contribution in [0.4, 0.5) is 4.79 Å². The molecule has 2 saturated heterocycles. The molecule has 15 heavy (non-hydrogen) atoms. The molecule has 0 aromatic carbocycles. The summed E-state index contributed by atoms with van der Waals surface area (Å²) in [5.41, 5.74) is 0. The van der Waals surface area contributed by atoms with Crippen LogP contribution in [-0.2, 0) is 0 Å². The van der Waals surface area contributed by atoms with Crippen molar-refractivity contribution in [1.82, 2.24) is 15.1 Å². The fourth-order valence-electron chi connectivity index (χ4n) is 2.36. The second-order valence-electron chi connectivity index (χ2n) is 4.47. The Morgan fingerprint density at radius 1 is 1.00 bits per heavy atom. The second-order valence-corrected chi connectivity index (χ2v) is 4.47. The summed E-state index contributed by atoms with van der Waals surface area (Å²) >= 11 is 0. The summed E-state index contributed by atoms with van der Waals surface area (Å²) < 4.78 is 0. The highest BCUT2D eigenvalue weighted by Crippen LogP contribution is 2.07. The molecule has 2 aliphatic rings. The maximum atomic E-state index is 11.6. The van der Waals surface area contributed by atoms with Crippen molar-refractivity contribution in [2.24, 2.45) is 0 Å². The van der Waals surface area contributed by atoms with Gasteiger partial charge in [-0.25, -0.2) is 4.79 Å². The average Bonchev–Trinajstić information content (AvgIpc) is 2.90. The summed E-state index contributed by atoms with van der Waals surface area (Å²) in [7, 11) is 0. The molecule has 2 aliphatic heterocycles. The van der Waals surface area contributed by atoms with E-state index < -0.39 is 0 Å². The third-order valence-corrected chi connectivity index (χ3v) is 3.30. The number of amides is 2. The van der Waals surface area contributed by atoms with E-state index in [-0.39, 0.29) is 6.03 Å². The highest BCUT2D eigenvalue weighted by molar-refractivity contribution is 5.74. The van der Waals surface area contributed by atoms with Gasteiger partial charge in [0.05, 0.1) is 0 Å². The lowest BCUT2D eigenvalue weighted by Gasteiger charge is -2.18. The summed E-state index contributed by atoms with van der Waals surface area (Å²) in [4.78, 5) is 16.0. The highest BCUT2D eigenvalue weighted by Gasteiger charge is 2.17. The third kappa shape index (κ3) is 3.09. The van der Waals surface area contributed by atoms with Crippen LogP contribution in [-0.4, -0.2) is 55.1 Å². The monoisotopic (exact) mass is 211 g/mol. The Morgan fingerprint density at radius 2 is 1.60 bits per heavy atom. The molecule has 0 aliphatic carbocycles. The number of rotatable bonds is 3. The van der Waals surface area contributed by atoms with E-state index in [1.807, 2.05) is 4.90 Å². The molecule has 0 unspecified atom stereocenters. The largest absolute Gasteiger partial charge is 0.337 e. The molecule has 0 aromatic heterocycles. The van der Waals surface area contributed by atoms with Crippen LogP contribution in [0.15, 0.2) is 0 Å². The molecule has 1 N–H and O–H groups in total. The zero-order chi connectivity index (χ0) is 10.5. The molecule has 2 heterocycles. The van der Waals surface area contributed by atoms with Crippen molar-refractivity contribution in [2.75, 3.05) is 39.3 Å². The summed E-state index contributed by atoms with van der Waals surface area (Å²) in [6.07, 6.45) is 4.97. The molecule has 0 spiro atoms. The first-order chi connectivity index (χ1) is 7.36. The summed E-state index contributed by atoms with van der Waals surface area (Å²) in [6, 6.07) is 0.131. The molecule has 2 rings (SSSR count). The Kier molecular flexibility index (Phi) is 3.83. The van der Waals surface area contributed by atoms with E-state index in [4.69, 9.17) is 0 Å². The number of hydrogen-bond donors (Lipinski definition) is 1. The standard InChI is InChI=1S/C11H21N3O/c15-11(14-8-3-4-9-14)12-5-10-13-6-1-2-7-13/h1-10H2,(H,12,15). The van der Waals surface area contributed by atoms with Crippen LogP contribution in [0.3, 0.4) is 0 Å². The second kappa shape index (κ2) is 5.35. The molecular formula is C11H21N3O. The van der Waals surface area contributed by atoms with Crippen molar-refractivity contribution in [3.8, 4) is 0 Å². The number of carbonyl (C=O) groups is 1. The van der Waals surface area contributed by atoms with Crippen LogP contribution in [0.25, 0.3) is 0 Å². The Morgan fingerprint density at radius 3 is 2.27 bits per heavy atom. The molecule has 0 atom stereocenters. The van der Waals surface area contributed by atoms with Gasteiger partial charge in [-0.05, 0) is 38.8 Å². The van der Waals surface area contributed by atoms with Crippen molar-refractivity contribution < 1.29 is 4.79 Å². The number of nitrogens with one attached hydrogen (secondary N) is 1. The molecule has 2 amide bonds. The van der Waals surface area contributed by atoms with Crippen molar-refractivity contribution in [3.05, 3.63) is 0 Å². The fraction of sp³-hybridized carbons (Fsp3) is 0.909. The first-order valence-electron chi connectivity index (χ1n) is 6.11. The smallest absolute Gasteiger partial charge is 0.317 e. The van der Waals surface area contributed by atoms with Gasteiger partial charge in [-0.2, -0.15) is 0 Å². The van der Waals surface area contributed by atoms with Crippen molar-refractivity contribution >= 4 is 6.03 Å². The quantitative estimate of drug-likeness (QED) is 0.752. The molecular weight excluding hydrogens is 190 g/mol. The van der Waals surface area contributed by atoms with Gasteiger partial charge >= 0.3 is 6.03 Å². The van der Waals surface area contributed by atoms with Gasteiger partial charge in [0, 0.05) is 26.2 Å². The number of urea groups is 1. The van der Waals surface area contributed by atoms with Gasteiger partial charge in [-0.1, -0.05) is 0 Å². The minimum atomic E-state index is 0.131. The number of hydrogen-bond acceptors (Lipinski definition) is 2. The van der Waals surface area contributed by atoms with Crippen LogP contribution in [0, 0.1) is 0 Å². The highest BCUT2D eigenvalue weighted by atomic mass is 16.2. The lowest BCUT2D eigenvalue weighted by Crippen LogP contribution is -2.41.